The van der Waals surface area contributed by atoms with Crippen LogP contribution in [0.1, 0.15) is 39.3 Å². The van der Waals surface area contributed by atoms with Crippen molar-refractivity contribution in [1.82, 2.24) is 9.97 Å². The van der Waals surface area contributed by atoms with E-state index in [-0.39, 0.29) is 11.1 Å². The maximum atomic E-state index is 12.8. The Labute approximate surface area is 206 Å². The minimum absolute atomic E-state index is 0.210. The molecule has 9 heteroatoms. The SMILES string of the molecule is BC=C(c1cccc(C(F)(F)F)c1)c1cccc(C(F)(F)F)c1.Cc1cnc(Cc2ccccc2)[nH]1. The maximum Gasteiger partial charge on any atom is 0.416 e. The summed E-state index contributed by atoms with van der Waals surface area (Å²) in [4.78, 5) is 7.47. The number of nitrogens with zero attached hydrogens (tertiary/aromatic N) is 1. The van der Waals surface area contributed by atoms with Crippen LogP contribution in [0.3, 0.4) is 0 Å². The molecule has 0 spiro atoms. The summed E-state index contributed by atoms with van der Waals surface area (Å²) >= 11 is 0. The summed E-state index contributed by atoms with van der Waals surface area (Å²) in [6, 6.07) is 19.4. The zero-order valence-electron chi connectivity index (χ0n) is 19.6. The number of H-pyrrole nitrogens is 1. The fourth-order valence-corrected chi connectivity index (χ4v) is 3.57. The van der Waals surface area contributed by atoms with E-state index in [1.807, 2.05) is 31.3 Å². The van der Waals surface area contributed by atoms with E-state index in [1.165, 1.54) is 35.8 Å². The van der Waals surface area contributed by atoms with E-state index in [9.17, 15) is 26.3 Å². The predicted molar refractivity (Wildman–Crippen MR) is 131 cm³/mol. The van der Waals surface area contributed by atoms with Crippen LogP contribution in [-0.4, -0.2) is 17.8 Å². The van der Waals surface area contributed by atoms with E-state index in [0.29, 0.717) is 5.57 Å². The van der Waals surface area contributed by atoms with E-state index in [0.717, 1.165) is 42.2 Å². The molecular weight excluding hydrogens is 477 g/mol. The second-order valence-corrected chi connectivity index (χ2v) is 8.03. The third-order valence-corrected chi connectivity index (χ3v) is 5.26. The lowest BCUT2D eigenvalue weighted by atomic mass is 9.90. The van der Waals surface area contributed by atoms with E-state index in [4.69, 9.17) is 0 Å². The number of aromatic amines is 1. The summed E-state index contributed by atoms with van der Waals surface area (Å²) < 4.78 is 76.7. The van der Waals surface area contributed by atoms with Gasteiger partial charge >= 0.3 is 12.4 Å². The second kappa shape index (κ2) is 11.3. The van der Waals surface area contributed by atoms with E-state index in [2.05, 4.69) is 22.1 Å². The van der Waals surface area contributed by atoms with Crippen LogP contribution in [0.2, 0.25) is 0 Å². The molecule has 0 saturated heterocycles. The van der Waals surface area contributed by atoms with Crippen LogP contribution >= 0.6 is 0 Å². The van der Waals surface area contributed by atoms with Crippen molar-refractivity contribution in [1.29, 1.82) is 0 Å². The Morgan fingerprint density at radius 2 is 1.33 bits per heavy atom. The quantitative estimate of drug-likeness (QED) is 0.236. The lowest BCUT2D eigenvalue weighted by Gasteiger charge is -2.14. The Morgan fingerprint density at radius 3 is 1.75 bits per heavy atom. The number of aryl methyl sites for hydroxylation is 1. The molecule has 4 aromatic rings. The van der Waals surface area contributed by atoms with Crippen molar-refractivity contribution in [2.24, 2.45) is 0 Å². The highest BCUT2D eigenvalue weighted by Gasteiger charge is 2.32. The van der Waals surface area contributed by atoms with E-state index in [1.54, 1.807) is 7.85 Å². The van der Waals surface area contributed by atoms with Crippen LogP contribution in [0.25, 0.3) is 5.57 Å². The van der Waals surface area contributed by atoms with E-state index < -0.39 is 23.5 Å². The molecule has 0 aliphatic rings. The molecule has 0 unspecified atom stereocenters. The van der Waals surface area contributed by atoms with Gasteiger partial charge in [-0.3, -0.25) is 0 Å². The third kappa shape index (κ3) is 7.37. The fourth-order valence-electron chi connectivity index (χ4n) is 3.57. The summed E-state index contributed by atoms with van der Waals surface area (Å²) in [5.41, 5.74) is 1.44. The zero-order valence-corrected chi connectivity index (χ0v) is 19.6. The van der Waals surface area contributed by atoms with Crippen LogP contribution in [-0.2, 0) is 18.8 Å². The van der Waals surface area contributed by atoms with Gasteiger partial charge in [-0.15, -0.1) is 5.98 Å². The monoisotopic (exact) mass is 500 g/mol. The van der Waals surface area contributed by atoms with Gasteiger partial charge in [-0.2, -0.15) is 26.3 Å². The number of hydrogen-bond donors (Lipinski definition) is 1. The maximum absolute atomic E-state index is 12.8. The average Bonchev–Trinajstić information content (AvgIpc) is 3.24. The molecular formula is C27H23BF6N2. The highest BCUT2D eigenvalue weighted by atomic mass is 19.4. The van der Waals surface area contributed by atoms with Crippen LogP contribution < -0.4 is 0 Å². The number of aromatic nitrogens is 2. The van der Waals surface area contributed by atoms with Crippen LogP contribution in [0.15, 0.2) is 91.0 Å². The van der Waals surface area contributed by atoms with Gasteiger partial charge in [0.25, 0.3) is 0 Å². The number of benzene rings is 3. The van der Waals surface area contributed by atoms with Crippen LogP contribution in [0, 0.1) is 6.92 Å². The summed E-state index contributed by atoms with van der Waals surface area (Å²) in [6.45, 7) is 2.02. The van der Waals surface area contributed by atoms with Crippen molar-refractivity contribution >= 4 is 13.4 Å². The molecule has 1 N–H and O–H groups in total. The molecule has 0 aliphatic carbocycles. The molecule has 0 saturated carbocycles. The van der Waals surface area contributed by atoms with Crippen molar-refractivity contribution in [3.63, 3.8) is 0 Å². The smallest absolute Gasteiger partial charge is 0.346 e. The van der Waals surface area contributed by atoms with Crippen LogP contribution in [0.5, 0.6) is 0 Å². The summed E-state index contributed by atoms with van der Waals surface area (Å²) in [6.07, 6.45) is -6.28. The van der Waals surface area contributed by atoms with Gasteiger partial charge in [-0.05, 0) is 53.5 Å². The predicted octanol–water partition coefficient (Wildman–Crippen LogP) is 7.06. The minimum atomic E-state index is -4.51. The van der Waals surface area contributed by atoms with Gasteiger partial charge in [-0.1, -0.05) is 54.6 Å². The van der Waals surface area contributed by atoms with Gasteiger partial charge in [0.1, 0.15) is 13.7 Å². The lowest BCUT2D eigenvalue weighted by Crippen LogP contribution is -2.06. The lowest BCUT2D eigenvalue weighted by molar-refractivity contribution is -0.138. The molecule has 0 radical (unpaired) electrons. The molecule has 36 heavy (non-hydrogen) atoms. The van der Waals surface area contributed by atoms with Crippen molar-refractivity contribution in [2.75, 3.05) is 0 Å². The molecule has 0 atom stereocenters. The standard InChI is InChI=1S/C16H11BF6.C11H12N2/c17-9-14(10-3-1-5-12(7-10)15(18,19)20)11-4-2-6-13(8-11)16(21,22)23;1-9-8-12-11(13-9)7-10-5-3-2-4-6-10/h1-9H,17H2;2-6,8H,7H2,1H3,(H,12,13). The Balaban J connectivity index is 0.000000233. The van der Waals surface area contributed by atoms with Gasteiger partial charge in [-0.25, -0.2) is 4.98 Å². The first kappa shape index (κ1) is 26.9. The number of hydrogen-bond acceptors (Lipinski definition) is 1. The molecule has 2 nitrogen and oxygen atoms in total. The first-order valence-electron chi connectivity index (χ1n) is 11.0. The first-order chi connectivity index (χ1) is 17.0. The minimum Gasteiger partial charge on any atom is -0.346 e. The van der Waals surface area contributed by atoms with Gasteiger partial charge in [0.05, 0.1) is 11.1 Å². The molecule has 186 valence electrons. The number of alkyl halides is 6. The fraction of sp³-hybridized carbons (Fsp3) is 0.148. The summed E-state index contributed by atoms with van der Waals surface area (Å²) in [5, 5.41) is 0. The van der Waals surface area contributed by atoms with Crippen molar-refractivity contribution in [2.45, 2.75) is 25.7 Å². The number of rotatable bonds is 4. The highest BCUT2D eigenvalue weighted by Crippen LogP contribution is 2.34. The first-order valence-corrected chi connectivity index (χ1v) is 11.0. The van der Waals surface area contributed by atoms with Gasteiger partial charge in [0, 0.05) is 18.3 Å². The zero-order chi connectivity index (χ0) is 26.3. The molecule has 0 aliphatic heterocycles. The molecule has 1 aromatic heterocycles. The van der Waals surface area contributed by atoms with Gasteiger partial charge < -0.3 is 4.98 Å². The molecule has 0 bridgehead atoms. The largest absolute Gasteiger partial charge is 0.416 e. The number of imidazole rings is 1. The molecule has 0 amide bonds. The van der Waals surface area contributed by atoms with Crippen molar-refractivity contribution in [3.8, 4) is 0 Å². The van der Waals surface area contributed by atoms with Gasteiger partial charge in [0.2, 0.25) is 0 Å². The number of nitrogens with one attached hydrogen (secondary N) is 1. The van der Waals surface area contributed by atoms with Crippen molar-refractivity contribution in [3.05, 3.63) is 130 Å². The third-order valence-electron chi connectivity index (χ3n) is 5.26. The summed E-state index contributed by atoms with van der Waals surface area (Å²) in [7, 11) is 1.57. The Kier molecular flexibility index (Phi) is 8.45. The second-order valence-electron chi connectivity index (χ2n) is 8.03. The number of halogens is 6. The molecule has 0 fully saturated rings. The Bertz CT molecular complexity index is 1250. The topological polar surface area (TPSA) is 28.7 Å². The molecule has 4 rings (SSSR count). The van der Waals surface area contributed by atoms with E-state index >= 15 is 0 Å². The Hall–Kier alpha value is -3.75. The average molecular weight is 500 g/mol. The Morgan fingerprint density at radius 1 is 0.806 bits per heavy atom. The van der Waals surface area contributed by atoms with Gasteiger partial charge in [0.15, 0.2) is 0 Å². The molecule has 3 aromatic carbocycles. The van der Waals surface area contributed by atoms with Crippen molar-refractivity contribution < 1.29 is 26.3 Å². The highest BCUT2D eigenvalue weighted by molar-refractivity contribution is 6.21. The summed E-state index contributed by atoms with van der Waals surface area (Å²) in [5.74, 6) is 2.52. The normalized spacial score (nSPS) is 11.4. The van der Waals surface area contributed by atoms with Crippen LogP contribution in [0.4, 0.5) is 26.3 Å². The molecule has 1 heterocycles.